The molecule has 13 nitrogen and oxygen atoms in total. The lowest BCUT2D eigenvalue weighted by Gasteiger charge is -2.49. The Morgan fingerprint density at radius 1 is 1.20 bits per heavy atom. The molecule has 0 bridgehead atoms. The van der Waals surface area contributed by atoms with Gasteiger partial charge in [0, 0.05) is 19.4 Å². The van der Waals surface area contributed by atoms with E-state index < -0.39 is 92.4 Å². The van der Waals surface area contributed by atoms with Gasteiger partial charge in [-0.3, -0.25) is 0 Å². The van der Waals surface area contributed by atoms with Crippen molar-refractivity contribution in [3.8, 4) is 0 Å². The second kappa shape index (κ2) is 10.1. The molecule has 2 aliphatic rings. The van der Waals surface area contributed by atoms with Crippen LogP contribution >= 0.6 is 0 Å². The third-order valence-electron chi connectivity index (χ3n) is 5.55. The second-order valence-electron chi connectivity index (χ2n) is 7.54. The highest BCUT2D eigenvalue weighted by molar-refractivity contribution is 5.76. The molecule has 0 spiro atoms. The van der Waals surface area contributed by atoms with Gasteiger partial charge in [-0.25, -0.2) is 4.79 Å². The van der Waals surface area contributed by atoms with Gasteiger partial charge in [0.05, 0.1) is 25.4 Å². The van der Waals surface area contributed by atoms with Crippen molar-refractivity contribution in [1.29, 1.82) is 0 Å². The number of aliphatic carboxylic acids is 1. The highest BCUT2D eigenvalue weighted by Gasteiger charge is 2.58. The average molecular weight is 442 g/mol. The highest BCUT2D eigenvalue weighted by atomic mass is 16.7. The maximum atomic E-state index is 12.1. The summed E-state index contributed by atoms with van der Waals surface area (Å²) in [6, 6.07) is 0. The van der Waals surface area contributed by atoms with E-state index in [1.165, 1.54) is 14.0 Å². The van der Waals surface area contributed by atoms with Crippen LogP contribution in [0.3, 0.4) is 0 Å². The molecule has 0 aliphatic carbocycles. The zero-order chi connectivity index (χ0) is 22.8. The van der Waals surface area contributed by atoms with E-state index in [0.29, 0.717) is 0 Å². The van der Waals surface area contributed by atoms with Gasteiger partial charge in [0.1, 0.15) is 36.6 Å². The van der Waals surface area contributed by atoms with E-state index in [-0.39, 0.29) is 0 Å². The van der Waals surface area contributed by atoms with E-state index in [1.807, 2.05) is 0 Å². The molecule has 0 aromatic heterocycles. The Kier molecular flexibility index (Phi) is 8.51. The van der Waals surface area contributed by atoms with Crippen LogP contribution in [0.1, 0.15) is 13.3 Å². The first-order chi connectivity index (χ1) is 14.0. The van der Waals surface area contributed by atoms with Gasteiger partial charge in [0.25, 0.3) is 5.79 Å². The van der Waals surface area contributed by atoms with E-state index in [0.717, 1.165) is 0 Å². The Morgan fingerprint density at radius 2 is 1.83 bits per heavy atom. The van der Waals surface area contributed by atoms with Gasteiger partial charge in [-0.15, -0.1) is 0 Å². The van der Waals surface area contributed by atoms with Crippen molar-refractivity contribution >= 4 is 5.97 Å². The third kappa shape index (κ3) is 4.76. The summed E-state index contributed by atoms with van der Waals surface area (Å²) < 4.78 is 21.0. The smallest absolute Gasteiger partial charge is 0.364 e. The maximum Gasteiger partial charge on any atom is 0.364 e. The number of hydrogen-bond donors (Lipinski definition) is 8. The van der Waals surface area contributed by atoms with Crippen LogP contribution in [-0.2, 0) is 23.7 Å². The number of carboxylic acid groups (broad SMARTS) is 1. The third-order valence-corrected chi connectivity index (χ3v) is 5.55. The monoisotopic (exact) mass is 442 g/mol. The first kappa shape index (κ1) is 25.3. The largest absolute Gasteiger partial charge is 0.477 e. The molecule has 176 valence electrons. The number of aliphatic hydroxyl groups is 7. The molecule has 0 amide bonds. The predicted molar refractivity (Wildman–Crippen MR) is 93.8 cm³/mol. The number of aliphatic hydroxyl groups excluding tert-OH is 7. The van der Waals surface area contributed by atoms with Crippen molar-refractivity contribution in [2.45, 2.75) is 74.3 Å². The molecule has 30 heavy (non-hydrogen) atoms. The minimum absolute atomic E-state index is 0.639. The van der Waals surface area contributed by atoms with Gasteiger partial charge in [-0.2, -0.15) is 0 Å². The SMILES string of the molecule is CO[C@@H]1OC(CO)[C@H](O)C(O[C@]2(C(=O)O)CC(O)[C@@H](C)C([C@H](O)[C@H](O)CO)O2)[C@@H]1O. The molecule has 0 aromatic carbocycles. The Bertz CT molecular complexity index is 560. The fourth-order valence-electron chi connectivity index (χ4n) is 3.63. The molecular weight excluding hydrogens is 412 g/mol. The van der Waals surface area contributed by atoms with Crippen molar-refractivity contribution in [3.05, 3.63) is 0 Å². The van der Waals surface area contributed by atoms with Crippen molar-refractivity contribution in [2.24, 2.45) is 5.92 Å². The summed E-state index contributed by atoms with van der Waals surface area (Å²) in [6.07, 6.45) is -14.7. The van der Waals surface area contributed by atoms with Gasteiger partial charge < -0.3 is 59.8 Å². The average Bonchev–Trinajstić information content (AvgIpc) is 2.72. The molecule has 11 atom stereocenters. The normalized spacial score (nSPS) is 44.4. The van der Waals surface area contributed by atoms with Gasteiger partial charge in [-0.1, -0.05) is 6.92 Å². The summed E-state index contributed by atoms with van der Waals surface area (Å²) in [4.78, 5) is 12.1. The molecule has 2 fully saturated rings. The molecule has 4 unspecified atom stereocenters. The van der Waals surface area contributed by atoms with Crippen molar-refractivity contribution in [2.75, 3.05) is 20.3 Å². The Morgan fingerprint density at radius 3 is 2.33 bits per heavy atom. The van der Waals surface area contributed by atoms with E-state index >= 15 is 0 Å². The second-order valence-corrected chi connectivity index (χ2v) is 7.54. The van der Waals surface area contributed by atoms with E-state index in [1.54, 1.807) is 0 Å². The summed E-state index contributed by atoms with van der Waals surface area (Å²) in [5, 5.41) is 79.5. The van der Waals surface area contributed by atoms with Crippen LogP contribution in [0, 0.1) is 5.92 Å². The van der Waals surface area contributed by atoms with Gasteiger partial charge >= 0.3 is 5.97 Å². The van der Waals surface area contributed by atoms with E-state index in [9.17, 15) is 40.5 Å². The lowest BCUT2D eigenvalue weighted by molar-refractivity contribution is -0.371. The van der Waals surface area contributed by atoms with Crippen LogP contribution in [0.25, 0.3) is 0 Å². The lowest BCUT2D eigenvalue weighted by atomic mass is 9.84. The van der Waals surface area contributed by atoms with Crippen molar-refractivity contribution < 1.29 is 64.6 Å². The molecule has 2 rings (SSSR count). The molecular formula is C17H30O13. The number of hydrogen-bond acceptors (Lipinski definition) is 12. The van der Waals surface area contributed by atoms with E-state index in [2.05, 4.69) is 0 Å². The molecule has 2 saturated heterocycles. The van der Waals surface area contributed by atoms with Crippen molar-refractivity contribution in [3.63, 3.8) is 0 Å². The minimum Gasteiger partial charge on any atom is -0.477 e. The van der Waals surface area contributed by atoms with Crippen LogP contribution in [-0.4, -0.2) is 128 Å². The lowest BCUT2D eigenvalue weighted by Crippen LogP contribution is -2.67. The van der Waals surface area contributed by atoms with Crippen LogP contribution in [0.5, 0.6) is 0 Å². The molecule has 2 heterocycles. The van der Waals surface area contributed by atoms with Crippen LogP contribution in [0.15, 0.2) is 0 Å². The van der Waals surface area contributed by atoms with Gasteiger partial charge in [0.2, 0.25) is 0 Å². The zero-order valence-corrected chi connectivity index (χ0v) is 16.5. The zero-order valence-electron chi connectivity index (χ0n) is 16.5. The Hall–Kier alpha value is -0.970. The van der Waals surface area contributed by atoms with Crippen LogP contribution < -0.4 is 0 Å². The number of carboxylic acids is 1. The van der Waals surface area contributed by atoms with E-state index in [4.69, 9.17) is 24.1 Å². The summed E-state index contributed by atoms with van der Waals surface area (Å²) in [5.41, 5.74) is 0. The van der Waals surface area contributed by atoms with Crippen LogP contribution in [0.2, 0.25) is 0 Å². The molecule has 13 heteroatoms. The summed E-state index contributed by atoms with van der Waals surface area (Å²) in [7, 11) is 1.18. The topological polar surface area (TPSA) is 216 Å². The molecule has 0 aromatic rings. The standard InChI is InChI=1S/C17H30O13/c1-6-7(20)3-17(16(25)26,29-13(6)10(22)8(21)4-18)30-14-11(23)9(5-19)28-15(27-2)12(14)24/h6-15,18-24H,3-5H2,1-2H3,(H,25,26)/t6-,7?,8-,9?,10-,11+,12+,13?,14?,15-,17+/m1/s1. The fraction of sp³-hybridized carbons (Fsp3) is 0.941. The maximum absolute atomic E-state index is 12.1. The number of ether oxygens (including phenoxy) is 4. The summed E-state index contributed by atoms with van der Waals surface area (Å²) in [6.45, 7) is -0.108. The summed E-state index contributed by atoms with van der Waals surface area (Å²) in [5.74, 6) is -5.24. The molecule has 8 N–H and O–H groups in total. The first-order valence-corrected chi connectivity index (χ1v) is 9.42. The highest BCUT2D eigenvalue weighted by Crippen LogP contribution is 2.39. The first-order valence-electron chi connectivity index (χ1n) is 9.42. The number of rotatable bonds is 8. The van der Waals surface area contributed by atoms with Gasteiger partial charge in [0.15, 0.2) is 6.29 Å². The van der Waals surface area contributed by atoms with Crippen LogP contribution in [0.4, 0.5) is 0 Å². The summed E-state index contributed by atoms with van der Waals surface area (Å²) >= 11 is 0. The Balaban J connectivity index is 2.37. The molecule has 0 saturated carbocycles. The minimum atomic E-state index is -2.64. The van der Waals surface area contributed by atoms with Crippen molar-refractivity contribution in [1.82, 2.24) is 0 Å². The quantitative estimate of drug-likeness (QED) is 0.179. The molecule has 2 aliphatic heterocycles. The predicted octanol–water partition coefficient (Wildman–Crippen LogP) is -4.26. The number of carbonyl (C=O) groups is 1. The Labute approximate surface area is 172 Å². The number of methoxy groups -OCH3 is 1. The molecule has 0 radical (unpaired) electrons. The van der Waals surface area contributed by atoms with Gasteiger partial charge in [-0.05, 0) is 0 Å². The fourth-order valence-corrected chi connectivity index (χ4v) is 3.63.